The number of hydrogen-bond donors (Lipinski definition) is 0. The van der Waals surface area contributed by atoms with E-state index < -0.39 is 0 Å². The lowest BCUT2D eigenvalue weighted by Crippen LogP contribution is -2.47. The third-order valence-corrected chi connectivity index (χ3v) is 3.92. The maximum absolute atomic E-state index is 6.08. The van der Waals surface area contributed by atoms with Crippen molar-refractivity contribution in [3.63, 3.8) is 0 Å². The molecule has 1 aromatic carbocycles. The van der Waals surface area contributed by atoms with Gasteiger partial charge < -0.3 is 4.74 Å². The van der Waals surface area contributed by atoms with Crippen molar-refractivity contribution >= 4 is 0 Å². The van der Waals surface area contributed by atoms with E-state index >= 15 is 0 Å². The van der Waals surface area contributed by atoms with Crippen LogP contribution in [0.5, 0.6) is 0 Å². The molecule has 0 spiro atoms. The molecular formula is C16H25NO2. The van der Waals surface area contributed by atoms with E-state index in [-0.39, 0.29) is 17.4 Å². The molecule has 0 aromatic heterocycles. The van der Waals surface area contributed by atoms with Gasteiger partial charge in [0.1, 0.15) is 0 Å². The Kier molecular flexibility index (Phi) is 3.74. The van der Waals surface area contributed by atoms with Crippen LogP contribution >= 0.6 is 0 Å². The van der Waals surface area contributed by atoms with Crippen molar-refractivity contribution < 1.29 is 9.57 Å². The molecule has 1 aromatic rings. The third kappa shape index (κ3) is 2.31. The first kappa shape index (κ1) is 14.5. The van der Waals surface area contributed by atoms with Crippen LogP contribution in [0.4, 0.5) is 0 Å². The van der Waals surface area contributed by atoms with Crippen LogP contribution in [0.3, 0.4) is 0 Å². The van der Waals surface area contributed by atoms with Crippen LogP contribution < -0.4 is 0 Å². The number of hydrogen-bond acceptors (Lipinski definition) is 3. The number of rotatable bonds is 4. The van der Waals surface area contributed by atoms with E-state index in [1.54, 1.807) is 0 Å². The lowest BCUT2D eigenvalue weighted by atomic mass is 9.91. The van der Waals surface area contributed by atoms with E-state index in [4.69, 9.17) is 9.57 Å². The average Bonchev–Trinajstić information content (AvgIpc) is 2.49. The van der Waals surface area contributed by atoms with Gasteiger partial charge in [0.05, 0.1) is 11.1 Å². The second-order valence-electron chi connectivity index (χ2n) is 6.09. The molecule has 0 radical (unpaired) electrons. The molecule has 3 heteroatoms. The molecule has 0 fully saturated rings. The molecule has 0 amide bonds. The smallest absolute Gasteiger partial charge is 0.174 e. The van der Waals surface area contributed by atoms with Crippen LogP contribution in [0.2, 0.25) is 0 Å². The van der Waals surface area contributed by atoms with Crippen molar-refractivity contribution in [2.75, 3.05) is 6.61 Å². The minimum atomic E-state index is -0.238. The van der Waals surface area contributed by atoms with E-state index in [1.165, 1.54) is 11.1 Å². The molecule has 0 aliphatic carbocycles. The highest BCUT2D eigenvalue weighted by Crippen LogP contribution is 2.49. The summed E-state index contributed by atoms with van der Waals surface area (Å²) >= 11 is 0. The molecule has 2 rings (SSSR count). The Hall–Kier alpha value is -0.900. The zero-order valence-corrected chi connectivity index (χ0v) is 12.9. The molecular weight excluding hydrogens is 238 g/mol. The SMILES string of the molecule is CCOC(C)ON1C(C)(C)c2ccccc2C1(C)C. The second-order valence-corrected chi connectivity index (χ2v) is 6.09. The summed E-state index contributed by atoms with van der Waals surface area (Å²) in [5.74, 6) is 0. The van der Waals surface area contributed by atoms with Gasteiger partial charge in [0.15, 0.2) is 6.29 Å². The molecule has 1 aliphatic heterocycles. The van der Waals surface area contributed by atoms with Gasteiger partial charge in [-0.1, -0.05) is 24.3 Å². The predicted octanol–water partition coefficient (Wildman–Crippen LogP) is 3.79. The predicted molar refractivity (Wildman–Crippen MR) is 76.5 cm³/mol. The van der Waals surface area contributed by atoms with Gasteiger partial charge in [-0.2, -0.15) is 5.06 Å². The summed E-state index contributed by atoms with van der Waals surface area (Å²) in [5.41, 5.74) is 2.32. The topological polar surface area (TPSA) is 21.7 Å². The summed E-state index contributed by atoms with van der Waals surface area (Å²) in [6.45, 7) is 13.4. The van der Waals surface area contributed by atoms with Crippen LogP contribution in [0.1, 0.15) is 52.7 Å². The molecule has 0 bridgehead atoms. The van der Waals surface area contributed by atoms with Gasteiger partial charge in [-0.05, 0) is 52.7 Å². The molecule has 19 heavy (non-hydrogen) atoms. The van der Waals surface area contributed by atoms with Gasteiger partial charge in [-0.3, -0.25) is 4.84 Å². The van der Waals surface area contributed by atoms with Gasteiger partial charge in [0.2, 0.25) is 0 Å². The molecule has 1 unspecified atom stereocenters. The number of fused-ring (bicyclic) bond motifs is 1. The lowest BCUT2D eigenvalue weighted by molar-refractivity contribution is -0.335. The highest BCUT2D eigenvalue weighted by molar-refractivity contribution is 5.42. The summed E-state index contributed by atoms with van der Waals surface area (Å²) in [7, 11) is 0. The number of hydroxylamine groups is 2. The zero-order valence-electron chi connectivity index (χ0n) is 12.9. The van der Waals surface area contributed by atoms with E-state index in [2.05, 4.69) is 57.0 Å². The number of ether oxygens (including phenoxy) is 1. The standard InChI is InChI=1S/C16H25NO2/c1-7-18-12(2)19-17-15(3,4)13-10-8-9-11-14(13)16(17,5)6/h8-12H,7H2,1-6H3. The van der Waals surface area contributed by atoms with Crippen LogP contribution in [0.15, 0.2) is 24.3 Å². The van der Waals surface area contributed by atoms with Crippen LogP contribution in [0, 0.1) is 0 Å². The molecule has 1 atom stereocenters. The van der Waals surface area contributed by atoms with Gasteiger partial charge in [-0.15, -0.1) is 0 Å². The molecule has 0 saturated heterocycles. The summed E-state index contributed by atoms with van der Waals surface area (Å²) in [5, 5.41) is 2.07. The lowest BCUT2D eigenvalue weighted by Gasteiger charge is -2.40. The second kappa shape index (κ2) is 4.89. The van der Waals surface area contributed by atoms with Crippen molar-refractivity contribution in [2.24, 2.45) is 0 Å². The maximum Gasteiger partial charge on any atom is 0.174 e. The minimum Gasteiger partial charge on any atom is -0.351 e. The van der Waals surface area contributed by atoms with Gasteiger partial charge in [-0.25, -0.2) is 0 Å². The molecule has 3 nitrogen and oxygen atoms in total. The van der Waals surface area contributed by atoms with Crippen molar-refractivity contribution in [1.29, 1.82) is 0 Å². The van der Waals surface area contributed by atoms with Crippen molar-refractivity contribution in [3.05, 3.63) is 35.4 Å². The Balaban J connectivity index is 2.36. The molecule has 106 valence electrons. The average molecular weight is 263 g/mol. The van der Waals surface area contributed by atoms with E-state index in [0.717, 1.165) is 0 Å². The first-order chi connectivity index (χ1) is 8.81. The maximum atomic E-state index is 6.08. The normalized spacial score (nSPS) is 22.2. The minimum absolute atomic E-state index is 0.161. The summed E-state index contributed by atoms with van der Waals surface area (Å²) in [6.07, 6.45) is -0.238. The van der Waals surface area contributed by atoms with Gasteiger partial charge in [0, 0.05) is 6.61 Å². The summed E-state index contributed by atoms with van der Waals surface area (Å²) < 4.78 is 5.53. The number of nitrogens with zero attached hydrogens (tertiary/aromatic N) is 1. The van der Waals surface area contributed by atoms with Crippen molar-refractivity contribution in [3.8, 4) is 0 Å². The van der Waals surface area contributed by atoms with Gasteiger partial charge >= 0.3 is 0 Å². The third-order valence-electron chi connectivity index (χ3n) is 3.92. The van der Waals surface area contributed by atoms with Gasteiger partial charge in [0.25, 0.3) is 0 Å². The zero-order chi connectivity index (χ0) is 14.3. The number of benzene rings is 1. The first-order valence-electron chi connectivity index (χ1n) is 7.00. The fourth-order valence-electron chi connectivity index (χ4n) is 3.14. The van der Waals surface area contributed by atoms with Crippen LogP contribution in [-0.4, -0.2) is 18.0 Å². The highest BCUT2D eigenvalue weighted by atomic mass is 16.8. The van der Waals surface area contributed by atoms with E-state index in [1.807, 2.05) is 13.8 Å². The molecule has 0 N–H and O–H groups in total. The highest BCUT2D eigenvalue weighted by Gasteiger charge is 2.50. The quantitative estimate of drug-likeness (QED) is 0.771. The van der Waals surface area contributed by atoms with E-state index in [9.17, 15) is 0 Å². The summed E-state index contributed by atoms with van der Waals surface area (Å²) in [4.78, 5) is 6.08. The monoisotopic (exact) mass is 263 g/mol. The first-order valence-corrected chi connectivity index (χ1v) is 7.00. The Morgan fingerprint density at radius 1 is 1.05 bits per heavy atom. The summed E-state index contributed by atoms with van der Waals surface area (Å²) in [6, 6.07) is 8.55. The fourth-order valence-corrected chi connectivity index (χ4v) is 3.14. The Morgan fingerprint density at radius 2 is 1.53 bits per heavy atom. The van der Waals surface area contributed by atoms with Crippen LogP contribution in [0.25, 0.3) is 0 Å². The molecule has 1 heterocycles. The molecule has 1 aliphatic rings. The molecule has 0 saturated carbocycles. The van der Waals surface area contributed by atoms with Crippen molar-refractivity contribution in [1.82, 2.24) is 5.06 Å². The van der Waals surface area contributed by atoms with Crippen LogP contribution in [-0.2, 0) is 20.7 Å². The largest absolute Gasteiger partial charge is 0.351 e. The van der Waals surface area contributed by atoms with Crippen molar-refractivity contribution in [2.45, 2.75) is 58.9 Å². The Bertz CT molecular complexity index is 419. The Labute approximate surface area is 116 Å². The van der Waals surface area contributed by atoms with E-state index in [0.29, 0.717) is 6.61 Å². The fraction of sp³-hybridized carbons (Fsp3) is 0.625. The Morgan fingerprint density at radius 3 is 1.95 bits per heavy atom.